The Morgan fingerprint density at radius 2 is 2.00 bits per heavy atom. The van der Waals surface area contributed by atoms with Gasteiger partial charge in [-0.15, -0.1) is 0 Å². The van der Waals surface area contributed by atoms with Crippen molar-refractivity contribution in [1.29, 1.82) is 5.26 Å². The molecule has 4 amide bonds. The van der Waals surface area contributed by atoms with Crippen LogP contribution in [-0.2, 0) is 15.1 Å². The summed E-state index contributed by atoms with van der Waals surface area (Å²) >= 11 is 6.16. The number of imide groups is 1. The van der Waals surface area contributed by atoms with Crippen molar-refractivity contribution in [3.05, 3.63) is 34.9 Å². The van der Waals surface area contributed by atoms with E-state index in [1.54, 1.807) is 18.2 Å². The molecular formula is C20H21ClN4O3. The van der Waals surface area contributed by atoms with Crippen molar-refractivity contribution in [2.75, 3.05) is 0 Å². The standard InChI is InChI=1S/C20H21ClN4O3/c21-15-7-3-6-14(8-15)20(11-22,13-4-1-2-5-13)24-16(26)12-9-19(10-12)17(27)23-18(28)25-19/h3,6-8,12-13H,1-2,4-5,9-10H2,(H,24,26)(H2,23,25,27,28)/t12?,19?,20-/m0/s1. The van der Waals surface area contributed by atoms with E-state index in [2.05, 4.69) is 22.0 Å². The van der Waals surface area contributed by atoms with Crippen LogP contribution in [0.3, 0.4) is 0 Å². The molecule has 8 heteroatoms. The van der Waals surface area contributed by atoms with Gasteiger partial charge < -0.3 is 10.6 Å². The maximum absolute atomic E-state index is 13.0. The van der Waals surface area contributed by atoms with E-state index < -0.39 is 28.9 Å². The van der Waals surface area contributed by atoms with Crippen LogP contribution in [0.15, 0.2) is 24.3 Å². The molecule has 2 aliphatic carbocycles. The van der Waals surface area contributed by atoms with Crippen LogP contribution in [0.2, 0.25) is 5.02 Å². The lowest BCUT2D eigenvalue weighted by Gasteiger charge is -2.43. The number of carbonyl (C=O) groups is 3. The van der Waals surface area contributed by atoms with Gasteiger partial charge in [0.1, 0.15) is 5.54 Å². The first-order valence-electron chi connectivity index (χ1n) is 9.51. The zero-order valence-corrected chi connectivity index (χ0v) is 16.0. The molecule has 28 heavy (non-hydrogen) atoms. The number of amides is 4. The van der Waals surface area contributed by atoms with Gasteiger partial charge in [-0.25, -0.2) is 4.79 Å². The summed E-state index contributed by atoms with van der Waals surface area (Å²) in [5, 5.41) is 18.5. The van der Waals surface area contributed by atoms with Crippen LogP contribution in [0, 0.1) is 23.2 Å². The molecule has 1 aromatic rings. The lowest BCUT2D eigenvalue weighted by Crippen LogP contribution is -2.62. The zero-order valence-electron chi connectivity index (χ0n) is 15.3. The van der Waals surface area contributed by atoms with Crippen LogP contribution in [0.1, 0.15) is 44.1 Å². The van der Waals surface area contributed by atoms with Gasteiger partial charge in [0.25, 0.3) is 5.91 Å². The van der Waals surface area contributed by atoms with Crippen LogP contribution in [-0.4, -0.2) is 23.4 Å². The summed E-state index contributed by atoms with van der Waals surface area (Å²) < 4.78 is 0. The summed E-state index contributed by atoms with van der Waals surface area (Å²) in [6.07, 6.45) is 4.21. The third kappa shape index (κ3) is 2.92. The highest BCUT2D eigenvalue weighted by atomic mass is 35.5. The Kier molecular flexibility index (Phi) is 4.54. The first kappa shape index (κ1) is 18.8. The molecule has 2 saturated carbocycles. The Morgan fingerprint density at radius 3 is 2.57 bits per heavy atom. The molecule has 3 aliphatic rings. The fourth-order valence-corrected chi connectivity index (χ4v) is 4.96. The van der Waals surface area contributed by atoms with Crippen LogP contribution in [0.5, 0.6) is 0 Å². The van der Waals surface area contributed by atoms with E-state index in [4.69, 9.17) is 11.6 Å². The molecule has 1 saturated heterocycles. The Labute approximate surface area is 167 Å². The largest absolute Gasteiger partial charge is 0.334 e. The average Bonchev–Trinajstić information content (AvgIpc) is 3.26. The predicted molar refractivity (Wildman–Crippen MR) is 101 cm³/mol. The molecule has 3 N–H and O–H groups in total. The Balaban J connectivity index is 1.57. The molecule has 0 unspecified atom stereocenters. The van der Waals surface area contributed by atoms with Crippen molar-refractivity contribution in [3.63, 3.8) is 0 Å². The minimum absolute atomic E-state index is 0.00318. The van der Waals surface area contributed by atoms with Gasteiger partial charge in [-0.1, -0.05) is 36.6 Å². The normalized spacial score (nSPS) is 28.8. The molecule has 146 valence electrons. The van der Waals surface area contributed by atoms with E-state index in [1.807, 2.05) is 6.07 Å². The topological polar surface area (TPSA) is 111 Å². The minimum Gasteiger partial charge on any atom is -0.334 e. The van der Waals surface area contributed by atoms with E-state index in [-0.39, 0.29) is 24.7 Å². The van der Waals surface area contributed by atoms with Gasteiger partial charge in [-0.2, -0.15) is 5.26 Å². The molecule has 3 fully saturated rings. The summed E-state index contributed by atoms with van der Waals surface area (Å²) in [4.78, 5) is 36.4. The van der Waals surface area contributed by atoms with Crippen molar-refractivity contribution in [2.24, 2.45) is 11.8 Å². The summed E-state index contributed by atoms with van der Waals surface area (Å²) in [6.45, 7) is 0. The number of halogens is 1. The number of hydrogen-bond acceptors (Lipinski definition) is 4. The van der Waals surface area contributed by atoms with Crippen molar-refractivity contribution in [3.8, 4) is 6.07 Å². The SMILES string of the molecule is N#C[C@@](NC(=O)C1CC2(C1)NC(=O)NC2=O)(c1cccc(Cl)c1)C1CCCC1. The van der Waals surface area contributed by atoms with Crippen molar-refractivity contribution < 1.29 is 14.4 Å². The van der Waals surface area contributed by atoms with Crippen LogP contribution in [0.25, 0.3) is 0 Å². The minimum atomic E-state index is -1.15. The molecule has 0 radical (unpaired) electrons. The number of carbonyl (C=O) groups excluding carboxylic acids is 3. The van der Waals surface area contributed by atoms with Gasteiger partial charge in [0.05, 0.1) is 6.07 Å². The third-order valence-corrected chi connectivity index (χ3v) is 6.55. The van der Waals surface area contributed by atoms with Crippen molar-refractivity contribution >= 4 is 29.4 Å². The van der Waals surface area contributed by atoms with E-state index in [0.717, 1.165) is 25.7 Å². The Morgan fingerprint density at radius 1 is 1.29 bits per heavy atom. The number of benzene rings is 1. The summed E-state index contributed by atoms with van der Waals surface area (Å²) in [5.41, 5.74) is -1.45. The predicted octanol–water partition coefficient (Wildman–Crippen LogP) is 2.35. The number of urea groups is 1. The maximum Gasteiger partial charge on any atom is 0.322 e. The molecule has 1 atom stereocenters. The third-order valence-electron chi connectivity index (χ3n) is 6.32. The van der Waals surface area contributed by atoms with E-state index in [9.17, 15) is 19.6 Å². The summed E-state index contributed by atoms with van der Waals surface area (Å²) in [7, 11) is 0. The monoisotopic (exact) mass is 400 g/mol. The second-order valence-corrected chi connectivity index (χ2v) is 8.43. The smallest absolute Gasteiger partial charge is 0.322 e. The molecule has 1 aliphatic heterocycles. The number of hydrogen-bond donors (Lipinski definition) is 3. The molecule has 1 aromatic carbocycles. The van der Waals surface area contributed by atoms with Gasteiger partial charge in [-0.05, 0) is 49.3 Å². The highest BCUT2D eigenvalue weighted by Gasteiger charge is 2.58. The number of nitriles is 1. The van der Waals surface area contributed by atoms with Crippen LogP contribution < -0.4 is 16.0 Å². The summed E-state index contributed by atoms with van der Waals surface area (Å²) in [6, 6.07) is 8.91. The highest BCUT2D eigenvalue weighted by Crippen LogP contribution is 2.44. The molecule has 1 spiro atoms. The Bertz CT molecular complexity index is 884. The first-order chi connectivity index (χ1) is 13.4. The van der Waals surface area contributed by atoms with E-state index >= 15 is 0 Å². The number of rotatable bonds is 4. The molecule has 1 heterocycles. The second kappa shape index (κ2) is 6.78. The molecule has 0 bridgehead atoms. The van der Waals surface area contributed by atoms with E-state index in [0.29, 0.717) is 10.6 Å². The fraction of sp³-hybridized carbons (Fsp3) is 0.500. The first-order valence-corrected chi connectivity index (χ1v) is 9.89. The van der Waals surface area contributed by atoms with Crippen LogP contribution in [0.4, 0.5) is 4.79 Å². The van der Waals surface area contributed by atoms with Gasteiger partial charge in [-0.3, -0.25) is 14.9 Å². The maximum atomic E-state index is 13.0. The molecule has 4 rings (SSSR count). The van der Waals surface area contributed by atoms with Gasteiger partial charge in [0, 0.05) is 10.9 Å². The lowest BCUT2D eigenvalue weighted by molar-refractivity contribution is -0.137. The van der Waals surface area contributed by atoms with Crippen molar-refractivity contribution in [1.82, 2.24) is 16.0 Å². The quantitative estimate of drug-likeness (QED) is 0.673. The molecule has 7 nitrogen and oxygen atoms in total. The summed E-state index contributed by atoms with van der Waals surface area (Å²) in [5.74, 6) is -1.09. The fourth-order valence-electron chi connectivity index (χ4n) is 4.77. The second-order valence-electron chi connectivity index (χ2n) is 8.00. The number of nitrogens with one attached hydrogen (secondary N) is 3. The zero-order chi connectivity index (χ0) is 19.9. The highest BCUT2D eigenvalue weighted by molar-refractivity contribution is 6.30. The Hall–Kier alpha value is -2.59. The van der Waals surface area contributed by atoms with E-state index in [1.165, 1.54) is 0 Å². The van der Waals surface area contributed by atoms with Crippen molar-refractivity contribution in [2.45, 2.75) is 49.6 Å². The van der Waals surface area contributed by atoms with Crippen LogP contribution >= 0.6 is 11.6 Å². The average molecular weight is 401 g/mol. The molecular weight excluding hydrogens is 380 g/mol. The molecule has 0 aromatic heterocycles. The van der Waals surface area contributed by atoms with Gasteiger partial charge in [0.15, 0.2) is 5.54 Å². The van der Waals surface area contributed by atoms with Gasteiger partial charge in [0.2, 0.25) is 5.91 Å². The number of nitrogens with zero attached hydrogens (tertiary/aromatic N) is 1. The lowest BCUT2D eigenvalue weighted by atomic mass is 9.67. The van der Waals surface area contributed by atoms with Gasteiger partial charge >= 0.3 is 6.03 Å².